The van der Waals surface area contributed by atoms with E-state index in [1.54, 1.807) is 17.1 Å². The fraction of sp³-hybridized carbons (Fsp3) is 0.600. The molecule has 1 saturated carbocycles. The number of halogens is 2. The van der Waals surface area contributed by atoms with E-state index in [1.807, 2.05) is 34.7 Å². The van der Waals surface area contributed by atoms with Crippen LogP contribution in [0.5, 0.6) is 0 Å². The summed E-state index contributed by atoms with van der Waals surface area (Å²) in [4.78, 5) is 38.3. The summed E-state index contributed by atoms with van der Waals surface area (Å²) in [5.74, 6) is 0.822. The maximum absolute atomic E-state index is 14.3. The summed E-state index contributed by atoms with van der Waals surface area (Å²) in [5.41, 5.74) is 3.16. The number of aliphatic hydroxyl groups is 2. The molecule has 1 aromatic carbocycles. The van der Waals surface area contributed by atoms with Gasteiger partial charge in [0, 0.05) is 62.3 Å². The van der Waals surface area contributed by atoms with Crippen LogP contribution in [-0.4, -0.2) is 137 Å². The first kappa shape index (κ1) is 42.8. The standard InChI is InChI=1S/C45H58F2N12O5/c1-28-39-30(3-2-4-34(39)59(52-28)35-10-11-37(60)51-44(35)63)7-12-38(61)56-26-45(27-56)14-17-54(18-15-45)24-29-5-8-31(9-6-29)58-25-33(40(53-58)41(46)47)49-43(62)32-23-48-57-16-13-36(50-42(32)57)55-19-21-64-22-20-55/h2-4,13,16,23,25,29,31,35,37,41,44,51,60,63H,5-12,14-15,17-22,24,26-27H2,1H3,(H,49,62)/t29?,31?,35-,37-,44-/m1/s1. The van der Waals surface area contributed by atoms with Crippen LogP contribution in [0.25, 0.3) is 16.6 Å². The number of aromatic nitrogens is 7. The zero-order valence-electron chi connectivity index (χ0n) is 36.3. The fourth-order valence-corrected chi connectivity index (χ4v) is 10.9. The highest BCUT2D eigenvalue weighted by molar-refractivity contribution is 6.08. The number of benzene rings is 1. The molecule has 64 heavy (non-hydrogen) atoms. The van der Waals surface area contributed by atoms with Gasteiger partial charge < -0.3 is 35.0 Å². The van der Waals surface area contributed by atoms with Gasteiger partial charge in [0.15, 0.2) is 11.3 Å². The van der Waals surface area contributed by atoms with Crippen LogP contribution in [0.4, 0.5) is 20.3 Å². The number of hydrogen-bond acceptors (Lipinski definition) is 12. The van der Waals surface area contributed by atoms with Gasteiger partial charge in [-0.3, -0.25) is 24.3 Å². The molecule has 17 nitrogen and oxygen atoms in total. The van der Waals surface area contributed by atoms with Crippen molar-refractivity contribution in [2.75, 3.05) is 69.2 Å². The van der Waals surface area contributed by atoms with Gasteiger partial charge in [0.1, 0.15) is 23.8 Å². The molecule has 5 fully saturated rings. The molecule has 4 N–H and O–H groups in total. The van der Waals surface area contributed by atoms with E-state index in [2.05, 4.69) is 41.7 Å². The molecule has 4 saturated heterocycles. The number of morpholine rings is 1. The summed E-state index contributed by atoms with van der Waals surface area (Å²) >= 11 is 0. The second-order valence-corrected chi connectivity index (χ2v) is 18.7. The Morgan fingerprint density at radius 2 is 1.78 bits per heavy atom. The van der Waals surface area contributed by atoms with Crippen molar-refractivity contribution in [1.82, 2.24) is 49.3 Å². The van der Waals surface area contributed by atoms with Gasteiger partial charge in [-0.15, -0.1) is 0 Å². The number of anilines is 2. The number of carbonyl (C=O) groups is 2. The van der Waals surface area contributed by atoms with Crippen LogP contribution in [0.2, 0.25) is 0 Å². The van der Waals surface area contributed by atoms with Crippen molar-refractivity contribution in [2.45, 2.75) is 102 Å². The number of nitrogens with zero attached hydrogens (tertiary/aromatic N) is 10. The molecule has 0 unspecified atom stereocenters. The van der Waals surface area contributed by atoms with Crippen molar-refractivity contribution in [1.29, 1.82) is 0 Å². The largest absolute Gasteiger partial charge is 0.379 e. The van der Waals surface area contributed by atoms with Gasteiger partial charge in [-0.1, -0.05) is 12.1 Å². The molecule has 5 aromatic rings. The lowest BCUT2D eigenvalue weighted by Crippen LogP contribution is -2.62. The minimum absolute atomic E-state index is 0.00134. The number of carbonyl (C=O) groups excluding carboxylic acids is 2. The average Bonchev–Trinajstić information content (AvgIpc) is 4.01. The van der Waals surface area contributed by atoms with Crippen LogP contribution < -0.4 is 15.5 Å². The maximum atomic E-state index is 14.3. The number of likely N-dealkylation sites (tertiary alicyclic amines) is 2. The lowest BCUT2D eigenvalue weighted by atomic mass is 9.71. The zero-order valence-corrected chi connectivity index (χ0v) is 36.3. The summed E-state index contributed by atoms with van der Waals surface area (Å²) in [6.45, 7) is 9.15. The molecule has 0 radical (unpaired) electrons. The second-order valence-electron chi connectivity index (χ2n) is 18.7. The molecule has 2 amide bonds. The Morgan fingerprint density at radius 3 is 2.53 bits per heavy atom. The first-order valence-electron chi connectivity index (χ1n) is 23.0. The molecular weight excluding hydrogens is 827 g/mol. The van der Waals surface area contributed by atoms with Gasteiger partial charge in [-0.2, -0.15) is 15.3 Å². The third kappa shape index (κ3) is 8.48. The molecule has 0 bridgehead atoms. The highest BCUT2D eigenvalue weighted by Crippen LogP contribution is 2.42. The number of fused-ring (bicyclic) bond motifs is 2. The van der Waals surface area contributed by atoms with Crippen LogP contribution in [0.3, 0.4) is 0 Å². The zero-order chi connectivity index (χ0) is 44.1. The summed E-state index contributed by atoms with van der Waals surface area (Å²) in [5, 5.41) is 40.4. The van der Waals surface area contributed by atoms with E-state index in [-0.39, 0.29) is 34.7 Å². The predicted molar refractivity (Wildman–Crippen MR) is 233 cm³/mol. The Balaban J connectivity index is 0.683. The monoisotopic (exact) mass is 884 g/mol. The molecular formula is C45H58F2N12O5. The van der Waals surface area contributed by atoms with Crippen molar-refractivity contribution < 1.29 is 33.3 Å². The Bertz CT molecular complexity index is 2480. The predicted octanol–water partition coefficient (Wildman–Crippen LogP) is 4.46. The first-order chi connectivity index (χ1) is 31.0. The van der Waals surface area contributed by atoms with E-state index in [9.17, 15) is 28.6 Å². The van der Waals surface area contributed by atoms with Crippen molar-refractivity contribution >= 4 is 39.9 Å². The number of nitrogens with one attached hydrogen (secondary N) is 2. The van der Waals surface area contributed by atoms with Crippen molar-refractivity contribution in [3.63, 3.8) is 0 Å². The molecule has 19 heteroatoms. The third-order valence-corrected chi connectivity index (χ3v) is 14.6. The smallest absolute Gasteiger partial charge is 0.284 e. The number of amides is 2. The van der Waals surface area contributed by atoms with Gasteiger partial charge in [0.05, 0.1) is 48.4 Å². The van der Waals surface area contributed by atoms with E-state index in [0.717, 1.165) is 93.4 Å². The molecule has 3 atom stereocenters. The van der Waals surface area contributed by atoms with Crippen LogP contribution >= 0.6 is 0 Å². The van der Waals surface area contributed by atoms with Crippen molar-refractivity contribution in [3.8, 4) is 0 Å². The lowest BCUT2D eigenvalue weighted by molar-refractivity contribution is -0.146. The quantitative estimate of drug-likeness (QED) is 0.146. The third-order valence-electron chi connectivity index (χ3n) is 14.6. The average molecular weight is 885 g/mol. The molecule has 342 valence electrons. The minimum Gasteiger partial charge on any atom is -0.379 e. The number of hydrogen-bond donors (Lipinski definition) is 4. The van der Waals surface area contributed by atoms with E-state index in [0.29, 0.717) is 69.4 Å². The van der Waals surface area contributed by atoms with Gasteiger partial charge in [-0.05, 0) is 101 Å². The summed E-state index contributed by atoms with van der Waals surface area (Å²) in [6, 6.07) is 7.59. The Hall–Kier alpha value is -5.08. The maximum Gasteiger partial charge on any atom is 0.284 e. The molecule has 1 spiro atoms. The van der Waals surface area contributed by atoms with Crippen LogP contribution in [-0.2, 0) is 16.0 Å². The van der Waals surface area contributed by atoms with Crippen molar-refractivity contribution in [2.24, 2.45) is 11.3 Å². The Kier molecular flexibility index (Phi) is 11.9. The summed E-state index contributed by atoms with van der Waals surface area (Å²) < 4.78 is 39.0. The van der Waals surface area contributed by atoms with Gasteiger partial charge in [0.25, 0.3) is 12.3 Å². The van der Waals surface area contributed by atoms with Crippen molar-refractivity contribution in [3.05, 3.63) is 65.4 Å². The number of rotatable bonds is 11. The highest BCUT2D eigenvalue weighted by atomic mass is 19.3. The number of ether oxygens (including phenoxy) is 1. The molecule has 4 aromatic heterocycles. The number of aliphatic hydroxyl groups excluding tert-OH is 2. The van der Waals surface area contributed by atoms with Gasteiger partial charge in [-0.25, -0.2) is 18.3 Å². The fourth-order valence-electron chi connectivity index (χ4n) is 10.9. The number of aryl methyl sites for hydroxylation is 2. The van der Waals surface area contributed by atoms with Gasteiger partial charge in [0.2, 0.25) is 5.91 Å². The van der Waals surface area contributed by atoms with Gasteiger partial charge >= 0.3 is 0 Å². The molecule has 10 rings (SSSR count). The molecule has 5 aliphatic rings. The van der Waals surface area contributed by atoms with Crippen LogP contribution in [0, 0.1) is 18.3 Å². The Morgan fingerprint density at radius 1 is 1.00 bits per heavy atom. The highest BCUT2D eigenvalue weighted by Gasteiger charge is 2.46. The van der Waals surface area contributed by atoms with E-state index in [1.165, 1.54) is 10.7 Å². The minimum atomic E-state index is -2.85. The molecule has 4 aliphatic heterocycles. The van der Waals surface area contributed by atoms with E-state index < -0.39 is 30.5 Å². The normalized spacial score (nSPS) is 25.4. The van der Waals surface area contributed by atoms with Crippen LogP contribution in [0.1, 0.15) is 104 Å². The summed E-state index contributed by atoms with van der Waals surface area (Å²) in [6.07, 6.45) is 8.14. The lowest BCUT2D eigenvalue weighted by Gasteiger charge is -2.54. The number of piperidine rings is 2. The molecule has 8 heterocycles. The second kappa shape index (κ2) is 17.7. The Labute approximate surface area is 369 Å². The molecule has 1 aliphatic carbocycles. The SMILES string of the molecule is Cc1nn([C@@H]2CC[C@@H](O)N[C@@H]2O)c2cccc(CCC(=O)N3CC4(CCN(CC5CCC(n6cc(NC(=O)c7cnn8ccc(N9CCOCC9)nc78)c(C(F)F)n6)CC5)CC4)C3)c12. The summed E-state index contributed by atoms with van der Waals surface area (Å²) in [7, 11) is 0. The number of alkyl halides is 2. The van der Waals surface area contributed by atoms with Crippen LogP contribution in [0.15, 0.2) is 42.9 Å². The topological polar surface area (TPSA) is 183 Å². The van der Waals surface area contributed by atoms with E-state index in [4.69, 9.17) is 9.84 Å². The first-order valence-corrected chi connectivity index (χ1v) is 23.0. The van der Waals surface area contributed by atoms with E-state index >= 15 is 0 Å².